The van der Waals surface area contributed by atoms with Crippen LogP contribution in [0.2, 0.25) is 0 Å². The topological polar surface area (TPSA) is 175 Å². The summed E-state index contributed by atoms with van der Waals surface area (Å²) in [5.41, 5.74) is 5.31. The average molecular weight is 827 g/mol. The number of rotatable bonds is 12. The highest BCUT2D eigenvalue weighted by molar-refractivity contribution is 7.59. The van der Waals surface area contributed by atoms with E-state index in [-0.39, 0.29) is 50.9 Å². The number of aromatic amines is 2. The van der Waals surface area contributed by atoms with Gasteiger partial charge < -0.3 is 39.9 Å². The molecule has 306 valence electrons. The van der Waals surface area contributed by atoms with E-state index in [1.165, 1.54) is 14.2 Å². The number of H-pyrrole nitrogens is 2. The number of hydrogen-bond donors (Lipinski definition) is 4. The molecule has 2 fully saturated rings. The number of aryl methyl sites for hydroxylation is 2. The zero-order valence-corrected chi connectivity index (χ0v) is 34.4. The van der Waals surface area contributed by atoms with Crippen molar-refractivity contribution < 1.29 is 28.7 Å². The Morgan fingerprint density at radius 3 is 1.66 bits per heavy atom. The highest BCUT2D eigenvalue weighted by atomic mass is 32.1. The Kier molecular flexibility index (Phi) is 15.0. The molecule has 58 heavy (non-hydrogen) atoms. The van der Waals surface area contributed by atoms with Gasteiger partial charge in [-0.3, -0.25) is 9.59 Å². The standard InChI is InChI=1S/C42H46N8O6.2H2S/c1-55-41(53)47-35(29-11-5-3-6-12-29)39(51)49-23-9-15-33(49)37-43-25-31(45-37)22-19-27-17-20-28(21-18-27)32-26-44-38(46-32)34-16-10-24-50(34)40(52)36(48-42(54)56-2)30-13-7-4-8-14-30;;/h3-8,11-14,17-18,20-21,25-26,33-36H,9-10,15-16,19,22-24H2,1-2H3,(H,43,45)(H,44,46)(H,47,53)(H,48,54);2*1H2/t33-,34-,35+,36+;;/m0../s1. The molecule has 0 aliphatic carbocycles. The summed E-state index contributed by atoms with van der Waals surface area (Å²) in [6.07, 6.45) is 6.98. The van der Waals surface area contributed by atoms with E-state index in [9.17, 15) is 19.2 Å². The maximum Gasteiger partial charge on any atom is 0.407 e. The van der Waals surface area contributed by atoms with E-state index in [0.717, 1.165) is 66.9 Å². The molecule has 4 heterocycles. The van der Waals surface area contributed by atoms with Gasteiger partial charge in [-0.05, 0) is 60.8 Å². The number of carbonyl (C=O) groups is 4. The first kappa shape index (κ1) is 43.4. The molecular weight excluding hydrogens is 777 g/mol. The average Bonchev–Trinajstić information content (AvgIpc) is 4.08. The smallest absolute Gasteiger partial charge is 0.407 e. The van der Waals surface area contributed by atoms with Gasteiger partial charge in [-0.15, -0.1) is 0 Å². The van der Waals surface area contributed by atoms with Crippen LogP contribution < -0.4 is 10.6 Å². The summed E-state index contributed by atoms with van der Waals surface area (Å²) in [5.74, 6) is 1.02. The SMILES string of the molecule is COC(=O)N[C@@H](C(=O)N1CCC[C@H]1c1ncc(CCc2ccc(-c3cnc([C@@H]4CCCN4C(=O)[C@H](NC(=O)OC)c4ccccc4)[nH]3)cc2)[nH]1)c1ccccc1.S.S. The Hall–Kier alpha value is -5.74. The fraction of sp³-hybridized carbons (Fsp3) is 0.333. The van der Waals surface area contributed by atoms with Crippen molar-refractivity contribution in [2.75, 3.05) is 27.3 Å². The van der Waals surface area contributed by atoms with Crippen molar-refractivity contribution in [2.45, 2.75) is 62.7 Å². The summed E-state index contributed by atoms with van der Waals surface area (Å²) < 4.78 is 9.63. The molecule has 2 aromatic heterocycles. The molecule has 3 aromatic carbocycles. The number of amides is 4. The van der Waals surface area contributed by atoms with Crippen molar-refractivity contribution >= 4 is 51.0 Å². The number of nitrogens with zero attached hydrogens (tertiary/aromatic N) is 4. The van der Waals surface area contributed by atoms with Crippen LogP contribution >= 0.6 is 27.0 Å². The highest BCUT2D eigenvalue weighted by Gasteiger charge is 2.38. The zero-order chi connectivity index (χ0) is 39.0. The predicted molar refractivity (Wildman–Crippen MR) is 228 cm³/mol. The second kappa shape index (κ2) is 20.1. The third-order valence-electron chi connectivity index (χ3n) is 10.5. The number of aromatic nitrogens is 4. The molecule has 16 heteroatoms. The first-order chi connectivity index (χ1) is 27.3. The van der Waals surface area contributed by atoms with Gasteiger partial charge in [0.25, 0.3) is 11.8 Å². The summed E-state index contributed by atoms with van der Waals surface area (Å²) in [6.45, 7) is 1.12. The van der Waals surface area contributed by atoms with Crippen LogP contribution in [0.1, 0.15) is 83.9 Å². The lowest BCUT2D eigenvalue weighted by Crippen LogP contribution is -2.42. The van der Waals surface area contributed by atoms with Crippen molar-refractivity contribution in [3.05, 3.63) is 131 Å². The minimum atomic E-state index is -0.879. The third-order valence-corrected chi connectivity index (χ3v) is 10.5. The lowest BCUT2D eigenvalue weighted by Gasteiger charge is -2.28. The molecule has 0 radical (unpaired) electrons. The van der Waals surface area contributed by atoms with Gasteiger partial charge in [-0.2, -0.15) is 27.0 Å². The molecule has 4 N–H and O–H groups in total. The first-order valence-corrected chi connectivity index (χ1v) is 18.9. The van der Waals surface area contributed by atoms with Crippen LogP contribution in [0.5, 0.6) is 0 Å². The van der Waals surface area contributed by atoms with Gasteiger partial charge >= 0.3 is 12.2 Å². The molecule has 2 aliphatic rings. The van der Waals surface area contributed by atoms with Crippen LogP contribution in [0.3, 0.4) is 0 Å². The number of carbonyl (C=O) groups excluding carboxylic acids is 4. The van der Waals surface area contributed by atoms with E-state index in [1.807, 2.05) is 66.9 Å². The number of likely N-dealkylation sites (tertiary alicyclic amines) is 2. The molecule has 14 nitrogen and oxygen atoms in total. The number of alkyl carbamates (subject to hydrolysis) is 2. The van der Waals surface area contributed by atoms with E-state index in [4.69, 9.17) is 9.47 Å². The summed E-state index contributed by atoms with van der Waals surface area (Å²) in [7, 11) is 2.56. The maximum atomic E-state index is 13.9. The van der Waals surface area contributed by atoms with Crippen molar-refractivity contribution in [3.8, 4) is 11.3 Å². The number of nitrogens with one attached hydrogen (secondary N) is 4. The largest absolute Gasteiger partial charge is 0.453 e. The number of benzene rings is 3. The minimum absolute atomic E-state index is 0. The van der Waals surface area contributed by atoms with E-state index in [2.05, 4.69) is 54.8 Å². The van der Waals surface area contributed by atoms with Crippen molar-refractivity contribution in [1.82, 2.24) is 40.4 Å². The lowest BCUT2D eigenvalue weighted by atomic mass is 10.0. The molecule has 0 spiro atoms. The molecule has 0 saturated carbocycles. The predicted octanol–water partition coefficient (Wildman–Crippen LogP) is 6.33. The fourth-order valence-corrected chi connectivity index (χ4v) is 7.64. The fourth-order valence-electron chi connectivity index (χ4n) is 7.64. The molecule has 4 amide bonds. The summed E-state index contributed by atoms with van der Waals surface area (Å²) in [5, 5.41) is 5.41. The molecule has 7 rings (SSSR count). The Labute approximate surface area is 351 Å². The van der Waals surface area contributed by atoms with Crippen molar-refractivity contribution in [1.29, 1.82) is 0 Å². The lowest BCUT2D eigenvalue weighted by molar-refractivity contribution is -0.135. The van der Waals surface area contributed by atoms with Gasteiger partial charge in [0.15, 0.2) is 0 Å². The number of methoxy groups -OCH3 is 2. The van der Waals surface area contributed by atoms with Crippen LogP contribution in [0.15, 0.2) is 97.3 Å². The highest BCUT2D eigenvalue weighted by Crippen LogP contribution is 2.35. The maximum absolute atomic E-state index is 13.9. The van der Waals surface area contributed by atoms with Crippen LogP contribution in [0.25, 0.3) is 11.3 Å². The molecule has 2 aliphatic heterocycles. The van der Waals surface area contributed by atoms with Gasteiger partial charge in [0.2, 0.25) is 0 Å². The minimum Gasteiger partial charge on any atom is -0.453 e. The van der Waals surface area contributed by atoms with Crippen LogP contribution in [0.4, 0.5) is 9.59 Å². The molecule has 5 aromatic rings. The Morgan fingerprint density at radius 1 is 0.672 bits per heavy atom. The molecule has 0 unspecified atom stereocenters. The van der Waals surface area contributed by atoms with Gasteiger partial charge in [0.05, 0.1) is 38.2 Å². The van der Waals surface area contributed by atoms with Gasteiger partial charge in [-0.25, -0.2) is 19.6 Å². The van der Waals surface area contributed by atoms with Crippen LogP contribution in [-0.4, -0.2) is 81.0 Å². The molecular formula is C42H50N8O6S2. The van der Waals surface area contributed by atoms with Gasteiger partial charge in [0.1, 0.15) is 23.7 Å². The Morgan fingerprint density at radius 2 is 1.16 bits per heavy atom. The van der Waals surface area contributed by atoms with E-state index in [0.29, 0.717) is 30.0 Å². The third kappa shape index (κ3) is 9.85. The number of hydrogen-bond acceptors (Lipinski definition) is 8. The van der Waals surface area contributed by atoms with E-state index < -0.39 is 24.3 Å². The summed E-state index contributed by atoms with van der Waals surface area (Å²) >= 11 is 0. The quantitative estimate of drug-likeness (QED) is 0.113. The van der Waals surface area contributed by atoms with Crippen molar-refractivity contribution in [3.63, 3.8) is 0 Å². The summed E-state index contributed by atoms with van der Waals surface area (Å²) in [4.78, 5) is 71.9. The number of imidazole rings is 2. The number of ether oxygens (including phenoxy) is 2. The second-order valence-corrected chi connectivity index (χ2v) is 14.0. The Bertz CT molecular complexity index is 2130. The molecule has 4 atom stereocenters. The normalized spacial score (nSPS) is 17.0. The molecule has 0 bridgehead atoms. The van der Waals surface area contributed by atoms with Crippen molar-refractivity contribution in [2.24, 2.45) is 0 Å². The summed E-state index contributed by atoms with van der Waals surface area (Å²) in [6, 6.07) is 24.4. The monoisotopic (exact) mass is 826 g/mol. The second-order valence-electron chi connectivity index (χ2n) is 14.0. The van der Waals surface area contributed by atoms with Gasteiger partial charge in [0, 0.05) is 25.0 Å². The Balaban J connectivity index is 0.00000320. The van der Waals surface area contributed by atoms with Crippen LogP contribution in [-0.2, 0) is 31.9 Å². The first-order valence-electron chi connectivity index (χ1n) is 18.9. The van der Waals surface area contributed by atoms with E-state index in [1.54, 1.807) is 16.0 Å². The van der Waals surface area contributed by atoms with E-state index >= 15 is 0 Å². The zero-order valence-electron chi connectivity index (χ0n) is 32.4. The molecule has 2 saturated heterocycles. The van der Waals surface area contributed by atoms with Crippen LogP contribution in [0, 0.1) is 0 Å². The van der Waals surface area contributed by atoms with Gasteiger partial charge in [-0.1, -0.05) is 84.9 Å².